The molecule has 0 aliphatic rings. The number of imidazole rings is 1. The molecule has 3 rings (SSSR count). The molecule has 2 N–H and O–H groups in total. The molecular formula is C16H15BrN6O4. The van der Waals surface area contributed by atoms with Gasteiger partial charge in [0.2, 0.25) is 0 Å². The first-order valence-corrected chi connectivity index (χ1v) is 8.53. The topological polar surface area (TPSA) is 124 Å². The monoisotopic (exact) mass is 434 g/mol. The highest BCUT2D eigenvalue weighted by atomic mass is 79.9. The van der Waals surface area contributed by atoms with Gasteiger partial charge in [-0.1, -0.05) is 0 Å². The maximum atomic E-state index is 12.4. The average molecular weight is 435 g/mol. The fraction of sp³-hybridized carbons (Fsp3) is 0.188. The van der Waals surface area contributed by atoms with Crippen molar-refractivity contribution in [3.05, 3.63) is 55.4 Å². The van der Waals surface area contributed by atoms with Gasteiger partial charge in [-0.25, -0.2) is 14.6 Å². The number of hydrazone groups is 1. The lowest BCUT2D eigenvalue weighted by Gasteiger charge is -2.05. The van der Waals surface area contributed by atoms with Crippen molar-refractivity contribution in [2.45, 2.75) is 6.54 Å². The van der Waals surface area contributed by atoms with Crippen molar-refractivity contribution in [2.24, 2.45) is 19.2 Å². The number of aromatic nitrogens is 4. The number of nitrogens with zero attached hydrogens (tertiary/aromatic N) is 5. The molecule has 0 saturated heterocycles. The molecule has 2 aromatic heterocycles. The smallest absolute Gasteiger partial charge is 0.335 e. The Kier molecular flexibility index (Phi) is 4.95. The van der Waals surface area contributed by atoms with E-state index in [1.165, 1.54) is 30.0 Å². The van der Waals surface area contributed by atoms with Crippen molar-refractivity contribution in [3.63, 3.8) is 0 Å². The van der Waals surface area contributed by atoms with Crippen molar-refractivity contribution < 1.29 is 9.90 Å². The lowest BCUT2D eigenvalue weighted by Crippen LogP contribution is -2.37. The van der Waals surface area contributed by atoms with Crippen LogP contribution in [-0.4, -0.2) is 36.0 Å². The molecule has 0 spiro atoms. The van der Waals surface area contributed by atoms with E-state index >= 15 is 0 Å². The molecule has 0 aliphatic carbocycles. The molecule has 3 aromatic rings. The van der Waals surface area contributed by atoms with Crippen LogP contribution in [0.2, 0.25) is 0 Å². The van der Waals surface area contributed by atoms with Gasteiger partial charge in [0.1, 0.15) is 0 Å². The van der Waals surface area contributed by atoms with Crippen molar-refractivity contribution in [3.8, 4) is 0 Å². The minimum Gasteiger partial charge on any atom is -0.478 e. The number of hydrogen-bond acceptors (Lipinski definition) is 6. The molecule has 0 amide bonds. The molecule has 140 valence electrons. The van der Waals surface area contributed by atoms with E-state index in [1.807, 2.05) is 0 Å². The second kappa shape index (κ2) is 7.19. The second-order valence-electron chi connectivity index (χ2n) is 5.68. The molecule has 0 radical (unpaired) electrons. The minimum absolute atomic E-state index is 0.180. The first kappa shape index (κ1) is 18.6. The van der Waals surface area contributed by atoms with Crippen molar-refractivity contribution in [1.82, 2.24) is 18.7 Å². The Morgan fingerprint density at radius 1 is 1.26 bits per heavy atom. The number of nitrogens with one attached hydrogen (secondary N) is 1. The predicted octanol–water partition coefficient (Wildman–Crippen LogP) is 0.992. The third kappa shape index (κ3) is 3.40. The predicted molar refractivity (Wildman–Crippen MR) is 103 cm³/mol. The summed E-state index contributed by atoms with van der Waals surface area (Å²) < 4.78 is 4.31. The van der Waals surface area contributed by atoms with Gasteiger partial charge in [0, 0.05) is 20.3 Å². The van der Waals surface area contributed by atoms with E-state index in [0.717, 1.165) is 4.57 Å². The molecule has 10 nitrogen and oxygen atoms in total. The third-order valence-corrected chi connectivity index (χ3v) is 4.59. The molecule has 11 heteroatoms. The van der Waals surface area contributed by atoms with Crippen LogP contribution in [0.25, 0.3) is 11.2 Å². The van der Waals surface area contributed by atoms with E-state index < -0.39 is 17.2 Å². The van der Waals surface area contributed by atoms with Gasteiger partial charge in [-0.05, 0) is 40.2 Å². The van der Waals surface area contributed by atoms with Crippen LogP contribution in [0.5, 0.6) is 0 Å². The summed E-state index contributed by atoms with van der Waals surface area (Å²) in [7, 11) is 2.95. The summed E-state index contributed by atoms with van der Waals surface area (Å²) in [5.41, 5.74) is 3.23. The molecule has 0 fully saturated rings. The lowest BCUT2D eigenvalue weighted by molar-refractivity contribution is 0.0697. The summed E-state index contributed by atoms with van der Waals surface area (Å²) in [5, 5.41) is 12.9. The van der Waals surface area contributed by atoms with E-state index in [4.69, 9.17) is 5.11 Å². The maximum absolute atomic E-state index is 12.4. The van der Waals surface area contributed by atoms with Crippen LogP contribution < -0.4 is 16.7 Å². The van der Waals surface area contributed by atoms with Gasteiger partial charge < -0.3 is 9.67 Å². The third-order valence-electron chi connectivity index (χ3n) is 3.98. The van der Waals surface area contributed by atoms with E-state index in [9.17, 15) is 14.4 Å². The molecule has 27 heavy (non-hydrogen) atoms. The Balaban J connectivity index is 1.84. The summed E-state index contributed by atoms with van der Waals surface area (Å²) >= 11 is 3.30. The summed E-state index contributed by atoms with van der Waals surface area (Å²) in [6.07, 6.45) is 1.53. The molecule has 2 heterocycles. The largest absolute Gasteiger partial charge is 0.478 e. The van der Waals surface area contributed by atoms with E-state index in [2.05, 4.69) is 31.4 Å². The lowest BCUT2D eigenvalue weighted by atomic mass is 10.2. The summed E-state index contributed by atoms with van der Waals surface area (Å²) in [6, 6.07) is 6.11. The number of anilines is 1. The van der Waals surface area contributed by atoms with Crippen molar-refractivity contribution in [2.75, 3.05) is 5.43 Å². The summed E-state index contributed by atoms with van der Waals surface area (Å²) in [6.45, 7) is 0.227. The van der Waals surface area contributed by atoms with Gasteiger partial charge in [-0.15, -0.1) is 0 Å². The number of carboxylic acid groups (broad SMARTS) is 1. The Hall–Kier alpha value is -3.21. The molecule has 0 unspecified atom stereocenters. The zero-order chi connectivity index (χ0) is 19.7. The number of hydrogen-bond donors (Lipinski definition) is 2. The highest BCUT2D eigenvalue weighted by Gasteiger charge is 2.17. The number of benzene rings is 1. The Morgan fingerprint density at radius 3 is 2.56 bits per heavy atom. The fourth-order valence-electron chi connectivity index (χ4n) is 2.52. The minimum atomic E-state index is -1.00. The van der Waals surface area contributed by atoms with Crippen LogP contribution in [0.15, 0.2) is 43.7 Å². The first-order chi connectivity index (χ1) is 12.8. The van der Waals surface area contributed by atoms with Gasteiger partial charge in [0.15, 0.2) is 15.9 Å². The van der Waals surface area contributed by atoms with Crippen LogP contribution in [0.3, 0.4) is 0 Å². The number of halogens is 1. The zero-order valence-electron chi connectivity index (χ0n) is 14.4. The van der Waals surface area contributed by atoms with E-state index in [-0.39, 0.29) is 23.3 Å². The number of aryl methyl sites for hydroxylation is 1. The first-order valence-electron chi connectivity index (χ1n) is 7.74. The Bertz CT molecular complexity index is 1170. The number of carbonyl (C=O) groups is 1. The van der Waals surface area contributed by atoms with Crippen LogP contribution in [0, 0.1) is 0 Å². The maximum Gasteiger partial charge on any atom is 0.335 e. The second-order valence-corrected chi connectivity index (χ2v) is 6.38. The van der Waals surface area contributed by atoms with Crippen LogP contribution in [0.4, 0.5) is 5.69 Å². The SMILES string of the molecule is Cn1c(=O)c2c(nc(Br)n2C/C=N\Nc2ccc(C(=O)O)cc2)n(C)c1=O. The van der Waals surface area contributed by atoms with Gasteiger partial charge in [-0.3, -0.25) is 19.4 Å². The number of carboxylic acids is 1. The van der Waals surface area contributed by atoms with Gasteiger partial charge in [0.05, 0.1) is 17.8 Å². The number of fused-ring (bicyclic) bond motifs is 1. The summed E-state index contributed by atoms with van der Waals surface area (Å²) in [5.74, 6) is -1.00. The van der Waals surface area contributed by atoms with Crippen LogP contribution >= 0.6 is 15.9 Å². The van der Waals surface area contributed by atoms with Crippen LogP contribution in [0.1, 0.15) is 10.4 Å². The quantitative estimate of drug-likeness (QED) is 0.350. The molecule has 0 saturated carbocycles. The number of aromatic carboxylic acids is 1. The summed E-state index contributed by atoms with van der Waals surface area (Å²) in [4.78, 5) is 39.5. The Labute approximate surface area is 160 Å². The molecule has 0 aliphatic heterocycles. The van der Waals surface area contributed by atoms with Gasteiger partial charge in [-0.2, -0.15) is 5.10 Å². The zero-order valence-corrected chi connectivity index (χ0v) is 16.0. The van der Waals surface area contributed by atoms with E-state index in [0.29, 0.717) is 10.4 Å². The normalized spacial score (nSPS) is 11.4. The highest BCUT2D eigenvalue weighted by molar-refractivity contribution is 9.10. The van der Waals surface area contributed by atoms with Crippen molar-refractivity contribution in [1.29, 1.82) is 0 Å². The fourth-order valence-corrected chi connectivity index (χ4v) is 3.01. The van der Waals surface area contributed by atoms with Gasteiger partial charge >= 0.3 is 11.7 Å². The Morgan fingerprint density at radius 2 is 1.93 bits per heavy atom. The molecule has 1 aromatic carbocycles. The van der Waals surface area contributed by atoms with Crippen molar-refractivity contribution >= 4 is 45.0 Å². The molecular weight excluding hydrogens is 420 g/mol. The van der Waals surface area contributed by atoms with Crippen LogP contribution in [-0.2, 0) is 20.6 Å². The standard InChI is InChI=1S/C16H15BrN6O4/c1-21-12-11(13(24)22(2)16(21)27)23(15(17)19-12)8-7-18-20-10-5-3-9(4-6-10)14(25)26/h3-7,20H,8H2,1-2H3,(H,25,26)/b18-7-. The highest BCUT2D eigenvalue weighted by Crippen LogP contribution is 2.15. The average Bonchev–Trinajstić information content (AvgIpc) is 2.98. The molecule has 0 atom stereocenters. The van der Waals surface area contributed by atoms with E-state index in [1.54, 1.807) is 23.7 Å². The number of rotatable bonds is 5. The van der Waals surface area contributed by atoms with Gasteiger partial charge in [0.25, 0.3) is 5.56 Å². The molecule has 0 bridgehead atoms.